The standard InChI is InChI=1S/C34H41N3O/c1-21(2)27-18-28(34(38)29(19-27)22(3)4)20-37(33-25(7)14-10-15-26(33)8)31-17-11-16-30(35-31)36-32-23(5)12-9-13-24(32)6/h9-19,21-22,38H,20H2,1-8H3,(H,35,36). The minimum absolute atomic E-state index is 0.226. The summed E-state index contributed by atoms with van der Waals surface area (Å²) in [6, 6.07) is 23.1. The molecule has 0 radical (unpaired) electrons. The molecule has 0 atom stereocenters. The highest BCUT2D eigenvalue weighted by molar-refractivity contribution is 5.71. The van der Waals surface area contributed by atoms with E-state index in [0.29, 0.717) is 18.2 Å². The van der Waals surface area contributed by atoms with Crippen LogP contribution >= 0.6 is 0 Å². The van der Waals surface area contributed by atoms with Crippen molar-refractivity contribution in [1.82, 2.24) is 4.98 Å². The van der Waals surface area contributed by atoms with Crippen LogP contribution < -0.4 is 10.2 Å². The molecule has 1 aromatic heterocycles. The largest absolute Gasteiger partial charge is 0.507 e. The van der Waals surface area contributed by atoms with Gasteiger partial charge >= 0.3 is 0 Å². The van der Waals surface area contributed by atoms with Gasteiger partial charge in [0.15, 0.2) is 0 Å². The van der Waals surface area contributed by atoms with Gasteiger partial charge in [0.25, 0.3) is 0 Å². The van der Waals surface area contributed by atoms with Crippen LogP contribution in [-0.4, -0.2) is 10.1 Å². The second kappa shape index (κ2) is 11.3. The highest BCUT2D eigenvalue weighted by Gasteiger charge is 2.21. The Balaban J connectivity index is 1.85. The number of hydrogen-bond acceptors (Lipinski definition) is 4. The highest BCUT2D eigenvalue weighted by atomic mass is 16.3. The molecule has 38 heavy (non-hydrogen) atoms. The van der Waals surface area contributed by atoms with Crippen molar-refractivity contribution in [2.24, 2.45) is 0 Å². The van der Waals surface area contributed by atoms with Crippen LogP contribution in [0.5, 0.6) is 5.75 Å². The molecule has 0 aliphatic heterocycles. The van der Waals surface area contributed by atoms with Crippen molar-refractivity contribution in [3.05, 3.63) is 106 Å². The maximum absolute atomic E-state index is 11.4. The molecule has 4 rings (SSSR count). The molecule has 0 aliphatic carbocycles. The van der Waals surface area contributed by atoms with Crippen LogP contribution in [0, 0.1) is 27.7 Å². The van der Waals surface area contributed by atoms with Gasteiger partial charge in [-0.2, -0.15) is 0 Å². The average Bonchev–Trinajstić information content (AvgIpc) is 2.86. The van der Waals surface area contributed by atoms with E-state index in [9.17, 15) is 5.11 Å². The van der Waals surface area contributed by atoms with Crippen molar-refractivity contribution in [2.75, 3.05) is 10.2 Å². The number of aromatic hydroxyl groups is 1. The Hall–Kier alpha value is -3.79. The maximum Gasteiger partial charge on any atom is 0.135 e. The van der Waals surface area contributed by atoms with Gasteiger partial charge < -0.3 is 15.3 Å². The fourth-order valence-electron chi connectivity index (χ4n) is 5.10. The molecule has 0 bridgehead atoms. The Kier molecular flexibility index (Phi) is 8.11. The zero-order valence-electron chi connectivity index (χ0n) is 24.1. The summed E-state index contributed by atoms with van der Waals surface area (Å²) in [5, 5.41) is 15.0. The van der Waals surface area contributed by atoms with Crippen molar-refractivity contribution in [3.8, 4) is 5.75 Å². The van der Waals surface area contributed by atoms with Gasteiger partial charge in [-0.1, -0.05) is 82.3 Å². The predicted octanol–water partition coefficient (Wildman–Crippen LogP) is 9.35. The predicted molar refractivity (Wildman–Crippen MR) is 161 cm³/mol. The van der Waals surface area contributed by atoms with E-state index in [4.69, 9.17) is 4.98 Å². The van der Waals surface area contributed by atoms with E-state index in [1.165, 1.54) is 27.8 Å². The average molecular weight is 508 g/mol. The van der Waals surface area contributed by atoms with Gasteiger partial charge in [0.1, 0.15) is 17.4 Å². The van der Waals surface area contributed by atoms with Crippen LogP contribution in [0.15, 0.2) is 66.7 Å². The number of nitrogens with zero attached hydrogens (tertiary/aromatic N) is 2. The molecule has 198 valence electrons. The zero-order chi connectivity index (χ0) is 27.6. The first kappa shape index (κ1) is 27.3. The number of para-hydroxylation sites is 2. The summed E-state index contributed by atoms with van der Waals surface area (Å²) in [4.78, 5) is 7.32. The SMILES string of the molecule is Cc1cccc(C)c1Nc1cccc(N(Cc2cc(C(C)C)cc(C(C)C)c2O)c2c(C)cccc2C)n1. The molecule has 0 fully saturated rings. The molecule has 4 aromatic rings. The summed E-state index contributed by atoms with van der Waals surface area (Å²) in [6.45, 7) is 17.7. The van der Waals surface area contributed by atoms with E-state index in [0.717, 1.165) is 34.1 Å². The van der Waals surface area contributed by atoms with Crippen molar-refractivity contribution in [2.45, 2.75) is 73.8 Å². The fraction of sp³-hybridized carbons (Fsp3) is 0.324. The lowest BCUT2D eigenvalue weighted by molar-refractivity contribution is 0.457. The number of rotatable bonds is 8. The molecule has 0 amide bonds. The minimum Gasteiger partial charge on any atom is -0.507 e. The van der Waals surface area contributed by atoms with E-state index in [2.05, 4.69) is 120 Å². The van der Waals surface area contributed by atoms with Crippen molar-refractivity contribution in [1.29, 1.82) is 0 Å². The van der Waals surface area contributed by atoms with E-state index < -0.39 is 0 Å². The number of phenolic OH excluding ortho intramolecular Hbond substituents is 1. The lowest BCUT2D eigenvalue weighted by Gasteiger charge is -2.29. The quantitative estimate of drug-likeness (QED) is 0.249. The number of pyridine rings is 1. The second-order valence-corrected chi connectivity index (χ2v) is 11.0. The number of nitrogens with one attached hydrogen (secondary N) is 1. The monoisotopic (exact) mass is 507 g/mol. The highest BCUT2D eigenvalue weighted by Crippen LogP contribution is 2.38. The smallest absolute Gasteiger partial charge is 0.135 e. The number of aromatic nitrogens is 1. The van der Waals surface area contributed by atoms with E-state index in [-0.39, 0.29) is 5.92 Å². The topological polar surface area (TPSA) is 48.4 Å². The number of phenols is 1. The fourth-order valence-corrected chi connectivity index (χ4v) is 5.10. The van der Waals surface area contributed by atoms with E-state index >= 15 is 0 Å². The van der Waals surface area contributed by atoms with Gasteiger partial charge in [-0.3, -0.25) is 0 Å². The van der Waals surface area contributed by atoms with Crippen LogP contribution in [0.25, 0.3) is 0 Å². The van der Waals surface area contributed by atoms with Crippen LogP contribution in [0.2, 0.25) is 0 Å². The Morgan fingerprint density at radius 2 is 1.34 bits per heavy atom. The molecule has 0 saturated carbocycles. The summed E-state index contributed by atoms with van der Waals surface area (Å²) >= 11 is 0. The van der Waals surface area contributed by atoms with Crippen LogP contribution in [-0.2, 0) is 6.54 Å². The lowest BCUT2D eigenvalue weighted by Crippen LogP contribution is -2.20. The molecule has 2 N–H and O–H groups in total. The number of benzene rings is 3. The molecular weight excluding hydrogens is 466 g/mol. The van der Waals surface area contributed by atoms with Crippen LogP contribution in [0.3, 0.4) is 0 Å². The first-order valence-electron chi connectivity index (χ1n) is 13.6. The maximum atomic E-state index is 11.4. The number of anilines is 4. The number of hydrogen-bond donors (Lipinski definition) is 2. The summed E-state index contributed by atoms with van der Waals surface area (Å²) in [7, 11) is 0. The third-order valence-corrected chi connectivity index (χ3v) is 7.31. The van der Waals surface area contributed by atoms with E-state index in [1.54, 1.807) is 0 Å². The Morgan fingerprint density at radius 1 is 0.763 bits per heavy atom. The molecule has 0 aliphatic rings. The van der Waals surface area contributed by atoms with E-state index in [1.807, 2.05) is 12.1 Å². The van der Waals surface area contributed by atoms with Gasteiger partial charge in [-0.25, -0.2) is 4.98 Å². The first-order chi connectivity index (χ1) is 18.1. The lowest BCUT2D eigenvalue weighted by atomic mass is 9.91. The van der Waals surface area contributed by atoms with Crippen molar-refractivity contribution < 1.29 is 5.11 Å². The van der Waals surface area contributed by atoms with Gasteiger partial charge in [0, 0.05) is 16.9 Å². The zero-order valence-corrected chi connectivity index (χ0v) is 24.1. The Labute approximate surface area is 228 Å². The third kappa shape index (κ3) is 5.70. The molecular formula is C34H41N3O. The molecule has 3 aromatic carbocycles. The summed E-state index contributed by atoms with van der Waals surface area (Å²) < 4.78 is 0. The summed E-state index contributed by atoms with van der Waals surface area (Å²) in [6.07, 6.45) is 0. The second-order valence-electron chi connectivity index (χ2n) is 11.0. The van der Waals surface area contributed by atoms with Crippen LogP contribution in [0.4, 0.5) is 23.0 Å². The first-order valence-corrected chi connectivity index (χ1v) is 13.6. The summed E-state index contributed by atoms with van der Waals surface area (Å²) in [5.74, 6) is 2.59. The molecule has 0 unspecified atom stereocenters. The third-order valence-electron chi connectivity index (χ3n) is 7.31. The molecule has 1 heterocycles. The van der Waals surface area contributed by atoms with Gasteiger partial charge in [-0.05, 0) is 85.0 Å². The van der Waals surface area contributed by atoms with Gasteiger partial charge in [0.05, 0.1) is 6.54 Å². The van der Waals surface area contributed by atoms with Gasteiger partial charge in [0.2, 0.25) is 0 Å². The van der Waals surface area contributed by atoms with Crippen LogP contribution in [0.1, 0.15) is 78.5 Å². The number of aryl methyl sites for hydroxylation is 4. The van der Waals surface area contributed by atoms with Gasteiger partial charge in [-0.15, -0.1) is 0 Å². The molecule has 0 saturated heterocycles. The van der Waals surface area contributed by atoms with Crippen molar-refractivity contribution in [3.63, 3.8) is 0 Å². The Morgan fingerprint density at radius 3 is 1.92 bits per heavy atom. The molecule has 0 spiro atoms. The van der Waals surface area contributed by atoms with Crippen molar-refractivity contribution >= 4 is 23.0 Å². The minimum atomic E-state index is 0.226. The normalized spacial score (nSPS) is 11.3. The molecule has 4 heteroatoms. The molecule has 4 nitrogen and oxygen atoms in total. The summed E-state index contributed by atoms with van der Waals surface area (Å²) in [5.41, 5.74) is 10.0. The Bertz CT molecular complexity index is 1400.